The van der Waals surface area contributed by atoms with E-state index < -0.39 is 0 Å². The van der Waals surface area contributed by atoms with Gasteiger partial charge >= 0.3 is 5.97 Å². The molecule has 0 aliphatic rings. The molecule has 1 aromatic rings. The van der Waals surface area contributed by atoms with Crippen molar-refractivity contribution in [2.75, 3.05) is 20.2 Å². The summed E-state index contributed by atoms with van der Waals surface area (Å²) in [5.41, 5.74) is 6.59. The summed E-state index contributed by atoms with van der Waals surface area (Å²) in [4.78, 5) is 22.6. The van der Waals surface area contributed by atoms with E-state index in [0.717, 1.165) is 5.56 Å². The van der Waals surface area contributed by atoms with Crippen molar-refractivity contribution < 1.29 is 14.3 Å². The third-order valence-electron chi connectivity index (χ3n) is 2.32. The zero-order chi connectivity index (χ0) is 14.1. The number of amides is 1. The molecular weight excluding hydrogens is 244 g/mol. The molecule has 0 spiro atoms. The molecule has 0 aliphatic heterocycles. The molecule has 0 radical (unpaired) electrons. The van der Waals surface area contributed by atoms with Crippen LogP contribution in [0.25, 0.3) is 0 Å². The van der Waals surface area contributed by atoms with E-state index in [4.69, 9.17) is 5.73 Å². The first-order valence-corrected chi connectivity index (χ1v) is 5.81. The molecule has 0 aliphatic carbocycles. The van der Waals surface area contributed by atoms with Gasteiger partial charge in [-0.1, -0.05) is 11.8 Å². The maximum absolute atomic E-state index is 11.7. The molecule has 0 atom stereocenters. The second kappa shape index (κ2) is 7.90. The van der Waals surface area contributed by atoms with Crippen LogP contribution in [0.5, 0.6) is 0 Å². The number of nitrogens with two attached hydrogens (primary N) is 1. The quantitative estimate of drug-likeness (QED) is 0.602. The van der Waals surface area contributed by atoms with Crippen LogP contribution in [0, 0.1) is 11.8 Å². The van der Waals surface area contributed by atoms with E-state index in [1.54, 1.807) is 24.3 Å². The Morgan fingerprint density at radius 1 is 1.32 bits per heavy atom. The smallest absolute Gasteiger partial charge is 0.307 e. The molecule has 5 nitrogen and oxygen atoms in total. The first kappa shape index (κ1) is 14.7. The molecule has 5 heteroatoms. The fourth-order valence-corrected chi connectivity index (χ4v) is 1.34. The Balaban J connectivity index is 2.51. The number of carbonyl (C=O) groups excluding carboxylic acids is 2. The summed E-state index contributed by atoms with van der Waals surface area (Å²) >= 11 is 0. The molecular formula is C14H16N2O3. The van der Waals surface area contributed by atoms with Crippen LogP contribution in [-0.2, 0) is 9.53 Å². The van der Waals surface area contributed by atoms with Gasteiger partial charge < -0.3 is 15.8 Å². The first-order valence-electron chi connectivity index (χ1n) is 5.81. The third-order valence-corrected chi connectivity index (χ3v) is 2.32. The molecule has 19 heavy (non-hydrogen) atoms. The number of ether oxygens (including phenoxy) is 1. The van der Waals surface area contributed by atoms with Gasteiger partial charge in [-0.3, -0.25) is 9.59 Å². The summed E-state index contributed by atoms with van der Waals surface area (Å²) in [6, 6.07) is 6.85. The molecule has 3 N–H and O–H groups in total. The Bertz CT molecular complexity index is 498. The number of methoxy groups -OCH3 is 1. The molecule has 100 valence electrons. The van der Waals surface area contributed by atoms with E-state index in [2.05, 4.69) is 21.9 Å². The number of nitrogens with one attached hydrogen (secondary N) is 1. The second-order valence-corrected chi connectivity index (χ2v) is 3.67. The number of hydrogen-bond donors (Lipinski definition) is 2. The fourth-order valence-electron chi connectivity index (χ4n) is 1.34. The molecule has 0 fully saturated rings. The van der Waals surface area contributed by atoms with E-state index in [9.17, 15) is 9.59 Å². The van der Waals surface area contributed by atoms with E-state index in [1.807, 2.05) is 0 Å². The Kier molecular flexibility index (Phi) is 6.13. The highest BCUT2D eigenvalue weighted by molar-refractivity contribution is 5.94. The van der Waals surface area contributed by atoms with Crippen molar-refractivity contribution in [2.45, 2.75) is 6.42 Å². The zero-order valence-electron chi connectivity index (χ0n) is 10.7. The van der Waals surface area contributed by atoms with Crippen LogP contribution in [0.4, 0.5) is 0 Å². The minimum absolute atomic E-state index is 0.155. The zero-order valence-corrected chi connectivity index (χ0v) is 10.7. The maximum atomic E-state index is 11.7. The summed E-state index contributed by atoms with van der Waals surface area (Å²) in [6.45, 7) is 0.552. The highest BCUT2D eigenvalue weighted by atomic mass is 16.5. The Morgan fingerprint density at radius 3 is 2.58 bits per heavy atom. The molecule has 0 heterocycles. The summed E-state index contributed by atoms with van der Waals surface area (Å²) in [5.74, 6) is 5.01. The number of carbonyl (C=O) groups is 2. The predicted molar refractivity (Wildman–Crippen MR) is 71.3 cm³/mol. The lowest BCUT2D eigenvalue weighted by Crippen LogP contribution is -2.26. The summed E-state index contributed by atoms with van der Waals surface area (Å²) in [6.07, 6.45) is 0.155. The van der Waals surface area contributed by atoms with Crippen molar-refractivity contribution in [1.82, 2.24) is 5.32 Å². The lowest BCUT2D eigenvalue weighted by atomic mass is 10.1. The van der Waals surface area contributed by atoms with Crippen molar-refractivity contribution in [2.24, 2.45) is 5.73 Å². The number of benzene rings is 1. The van der Waals surface area contributed by atoms with Gasteiger partial charge in [0, 0.05) is 17.7 Å². The van der Waals surface area contributed by atoms with E-state index >= 15 is 0 Å². The summed E-state index contributed by atoms with van der Waals surface area (Å²) in [5, 5.41) is 2.63. The van der Waals surface area contributed by atoms with Crippen LogP contribution in [0.2, 0.25) is 0 Å². The molecule has 0 saturated carbocycles. The van der Waals surface area contributed by atoms with E-state index in [0.29, 0.717) is 12.1 Å². The molecule has 0 unspecified atom stereocenters. The normalized spacial score (nSPS) is 9.16. The summed E-state index contributed by atoms with van der Waals surface area (Å²) < 4.78 is 4.48. The van der Waals surface area contributed by atoms with Crippen molar-refractivity contribution in [1.29, 1.82) is 0 Å². The molecule has 1 rings (SSSR count). The molecule has 0 saturated heterocycles. The molecule has 1 aromatic carbocycles. The van der Waals surface area contributed by atoms with Crippen LogP contribution in [-0.4, -0.2) is 32.1 Å². The summed E-state index contributed by atoms with van der Waals surface area (Å²) in [7, 11) is 1.31. The lowest BCUT2D eigenvalue weighted by molar-refractivity contribution is -0.140. The minimum atomic E-state index is -0.354. The van der Waals surface area contributed by atoms with Crippen molar-refractivity contribution in [3.63, 3.8) is 0 Å². The van der Waals surface area contributed by atoms with Gasteiger partial charge in [0.1, 0.15) is 0 Å². The first-order chi connectivity index (χ1) is 9.17. The van der Waals surface area contributed by atoms with Gasteiger partial charge in [-0.15, -0.1) is 0 Å². The second-order valence-electron chi connectivity index (χ2n) is 3.67. The van der Waals surface area contributed by atoms with Gasteiger partial charge in [0.2, 0.25) is 0 Å². The Labute approximate surface area is 112 Å². The van der Waals surface area contributed by atoms with Crippen molar-refractivity contribution in [3.05, 3.63) is 35.4 Å². The molecule has 0 aromatic heterocycles. The van der Waals surface area contributed by atoms with Crippen LogP contribution in [0.3, 0.4) is 0 Å². The minimum Gasteiger partial charge on any atom is -0.469 e. The number of esters is 1. The standard InChI is InChI=1S/C14H16N2O3/c1-19-13(17)8-10-16-14(18)12-6-4-11(5-7-12)3-2-9-15/h4-7H,8-10,15H2,1H3,(H,16,18). The van der Waals surface area contributed by atoms with Gasteiger partial charge in [-0.2, -0.15) is 0 Å². The topological polar surface area (TPSA) is 81.4 Å². The predicted octanol–water partition coefficient (Wildman–Crippen LogP) is 0.290. The SMILES string of the molecule is COC(=O)CCNC(=O)c1ccc(C#CCN)cc1. The highest BCUT2D eigenvalue weighted by Gasteiger charge is 2.06. The van der Waals surface area contributed by atoms with Gasteiger partial charge in [0.25, 0.3) is 5.91 Å². The van der Waals surface area contributed by atoms with Crippen LogP contribution >= 0.6 is 0 Å². The van der Waals surface area contributed by atoms with Gasteiger partial charge in [-0.05, 0) is 24.3 Å². The lowest BCUT2D eigenvalue weighted by Gasteiger charge is -2.04. The van der Waals surface area contributed by atoms with Gasteiger partial charge in [0.15, 0.2) is 0 Å². The average molecular weight is 260 g/mol. The van der Waals surface area contributed by atoms with Crippen LogP contribution in [0.1, 0.15) is 22.3 Å². The molecule has 0 bridgehead atoms. The monoisotopic (exact) mass is 260 g/mol. The van der Waals surface area contributed by atoms with Gasteiger partial charge in [0.05, 0.1) is 20.1 Å². The Morgan fingerprint density at radius 2 is 2.00 bits per heavy atom. The van der Waals surface area contributed by atoms with Crippen molar-refractivity contribution in [3.8, 4) is 11.8 Å². The highest BCUT2D eigenvalue weighted by Crippen LogP contribution is 2.03. The van der Waals surface area contributed by atoms with Gasteiger partial charge in [-0.25, -0.2) is 0 Å². The number of hydrogen-bond acceptors (Lipinski definition) is 4. The van der Waals surface area contributed by atoms with E-state index in [-0.39, 0.29) is 24.8 Å². The average Bonchev–Trinajstić information content (AvgIpc) is 2.45. The molecule has 1 amide bonds. The third kappa shape index (κ3) is 5.23. The van der Waals surface area contributed by atoms with E-state index in [1.165, 1.54) is 7.11 Å². The van der Waals surface area contributed by atoms with Crippen molar-refractivity contribution >= 4 is 11.9 Å². The number of rotatable bonds is 4. The largest absolute Gasteiger partial charge is 0.469 e. The fraction of sp³-hybridized carbons (Fsp3) is 0.286. The Hall–Kier alpha value is -2.32. The van der Waals surface area contributed by atoms with Crippen LogP contribution in [0.15, 0.2) is 24.3 Å². The maximum Gasteiger partial charge on any atom is 0.307 e. The van der Waals surface area contributed by atoms with Crippen LogP contribution < -0.4 is 11.1 Å².